The van der Waals surface area contributed by atoms with Gasteiger partial charge in [-0.15, -0.1) is 0 Å². The summed E-state index contributed by atoms with van der Waals surface area (Å²) in [6.45, 7) is 11.0. The molecule has 2 amide bonds. The van der Waals surface area contributed by atoms with Crippen LogP contribution in [0.5, 0.6) is 11.5 Å². The Morgan fingerprint density at radius 3 is 2.07 bits per heavy atom. The number of anilines is 2. The summed E-state index contributed by atoms with van der Waals surface area (Å²) >= 11 is 0. The van der Waals surface area contributed by atoms with Crippen LogP contribution in [-0.2, 0) is 19.0 Å². The highest BCUT2D eigenvalue weighted by Gasteiger charge is 2.58. The van der Waals surface area contributed by atoms with Crippen molar-refractivity contribution >= 4 is 40.6 Å². The summed E-state index contributed by atoms with van der Waals surface area (Å²) in [6.07, 6.45) is 5.17. The number of carbonyl (C=O) groups is 3. The van der Waals surface area contributed by atoms with Crippen LogP contribution in [0.4, 0.5) is 21.0 Å². The molecule has 0 bridgehead atoms. The number of rotatable bonds is 8. The van der Waals surface area contributed by atoms with Gasteiger partial charge in [-0.1, -0.05) is 0 Å². The zero-order valence-electron chi connectivity index (χ0n) is 32.4. The molecule has 4 aromatic rings. The van der Waals surface area contributed by atoms with E-state index >= 15 is 0 Å². The Morgan fingerprint density at radius 1 is 0.815 bits per heavy atom. The predicted molar refractivity (Wildman–Crippen MR) is 201 cm³/mol. The van der Waals surface area contributed by atoms with Gasteiger partial charge in [-0.2, -0.15) is 5.10 Å². The largest absolute Gasteiger partial charge is 0.510 e. The summed E-state index contributed by atoms with van der Waals surface area (Å²) in [5.74, 6) is 1.01. The van der Waals surface area contributed by atoms with E-state index in [4.69, 9.17) is 28.7 Å². The van der Waals surface area contributed by atoms with Gasteiger partial charge < -0.3 is 33.5 Å². The highest BCUT2D eigenvalue weighted by Crippen LogP contribution is 2.35. The van der Waals surface area contributed by atoms with E-state index in [0.717, 1.165) is 28.0 Å². The molecule has 2 aromatic heterocycles. The molecule has 0 radical (unpaired) electrons. The van der Waals surface area contributed by atoms with Crippen molar-refractivity contribution in [3.05, 3.63) is 55.0 Å². The van der Waals surface area contributed by atoms with E-state index in [2.05, 4.69) is 10.1 Å². The zero-order chi connectivity index (χ0) is 39.0. The maximum absolute atomic E-state index is 14.0. The molecule has 2 fully saturated rings. The Labute approximate surface area is 315 Å². The summed E-state index contributed by atoms with van der Waals surface area (Å²) in [6, 6.07) is 11.7. The molecule has 0 atom stereocenters. The van der Waals surface area contributed by atoms with Crippen LogP contribution >= 0.6 is 0 Å². The van der Waals surface area contributed by atoms with Crippen molar-refractivity contribution < 1.29 is 38.1 Å². The number of carbonyl (C=O) groups excluding carboxylic acids is 3. The summed E-state index contributed by atoms with van der Waals surface area (Å²) in [5.41, 5.74) is 1.72. The lowest BCUT2D eigenvalue weighted by molar-refractivity contribution is -0.177. The average Bonchev–Trinajstić information content (AvgIpc) is 3.60. The van der Waals surface area contributed by atoms with E-state index in [9.17, 15) is 14.4 Å². The number of piperidine rings is 1. The normalized spacial score (nSPS) is 16.0. The second-order valence-corrected chi connectivity index (χ2v) is 15.7. The van der Waals surface area contributed by atoms with Crippen LogP contribution in [0.25, 0.3) is 22.3 Å². The van der Waals surface area contributed by atoms with Gasteiger partial charge in [0.25, 0.3) is 5.91 Å². The predicted octanol–water partition coefficient (Wildman–Crippen LogP) is 6.38. The van der Waals surface area contributed by atoms with Gasteiger partial charge in [0.1, 0.15) is 22.7 Å². The van der Waals surface area contributed by atoms with Crippen LogP contribution in [0.1, 0.15) is 60.4 Å². The Morgan fingerprint density at radius 2 is 1.46 bits per heavy atom. The maximum Gasteiger partial charge on any atom is 0.510 e. The molecule has 0 unspecified atom stereocenters. The van der Waals surface area contributed by atoms with Crippen molar-refractivity contribution in [2.24, 2.45) is 0 Å². The van der Waals surface area contributed by atoms with Gasteiger partial charge in [-0.05, 0) is 72.6 Å². The number of aromatic nitrogens is 4. The number of ether oxygens (including phenoxy) is 5. The first-order valence-electron chi connectivity index (χ1n) is 17.9. The van der Waals surface area contributed by atoms with Crippen molar-refractivity contribution in [3.8, 4) is 22.8 Å². The summed E-state index contributed by atoms with van der Waals surface area (Å²) in [7, 11) is 5.21. The minimum atomic E-state index is -1.56. The fourth-order valence-corrected chi connectivity index (χ4v) is 6.47. The standard InChI is InChI=1S/C39H49N7O8/c1-37(2,3)52-35(48)45-23-39(24-45,54-36(49)53-38(4,5)6)34(47)44-14-12-26(13-15-44)46-22-25(20-41-46)33-21-40-31-11-10-27(18-32(31)42-33)43(7)28-16-29(50-8)19-30(17-28)51-9/h10-11,16-22,26H,12-15,23-24H2,1-9H3. The Hall–Kier alpha value is -5.60. The summed E-state index contributed by atoms with van der Waals surface area (Å²) in [4.78, 5) is 54.1. The van der Waals surface area contributed by atoms with Crippen molar-refractivity contribution in [2.75, 3.05) is 52.3 Å². The van der Waals surface area contributed by atoms with Crippen molar-refractivity contribution in [2.45, 2.75) is 77.2 Å². The second-order valence-electron chi connectivity index (χ2n) is 15.7. The number of amides is 2. The monoisotopic (exact) mass is 743 g/mol. The number of nitrogens with zero attached hydrogens (tertiary/aromatic N) is 7. The molecule has 4 heterocycles. The Kier molecular flexibility index (Phi) is 10.4. The van der Waals surface area contributed by atoms with Crippen LogP contribution < -0.4 is 14.4 Å². The quantitative estimate of drug-likeness (QED) is 0.184. The fourth-order valence-electron chi connectivity index (χ4n) is 6.47. The van der Waals surface area contributed by atoms with Crippen LogP contribution in [0.2, 0.25) is 0 Å². The van der Waals surface area contributed by atoms with E-state index in [1.54, 1.807) is 73.1 Å². The van der Waals surface area contributed by atoms with E-state index in [1.165, 1.54) is 4.90 Å². The number of hydrogen-bond donors (Lipinski definition) is 0. The Balaban J connectivity index is 1.13. The number of fused-ring (bicyclic) bond motifs is 1. The molecular weight excluding hydrogens is 694 g/mol. The molecule has 2 aliphatic heterocycles. The molecule has 15 heteroatoms. The third kappa shape index (κ3) is 8.45. The molecule has 0 saturated carbocycles. The summed E-state index contributed by atoms with van der Waals surface area (Å²) < 4.78 is 29.4. The molecular formula is C39H49N7O8. The Bertz CT molecular complexity index is 2000. The van der Waals surface area contributed by atoms with Crippen molar-refractivity contribution in [3.63, 3.8) is 0 Å². The van der Waals surface area contributed by atoms with Crippen LogP contribution in [0, 0.1) is 0 Å². The van der Waals surface area contributed by atoms with Gasteiger partial charge in [-0.25, -0.2) is 14.6 Å². The molecule has 288 valence electrons. The van der Waals surface area contributed by atoms with Gasteiger partial charge in [0.05, 0.1) is 62.5 Å². The molecule has 2 saturated heterocycles. The molecule has 15 nitrogen and oxygen atoms in total. The van der Waals surface area contributed by atoms with E-state index in [-0.39, 0.29) is 25.0 Å². The van der Waals surface area contributed by atoms with Crippen LogP contribution in [0.15, 0.2) is 55.0 Å². The van der Waals surface area contributed by atoms with Gasteiger partial charge in [-0.3, -0.25) is 19.4 Å². The zero-order valence-corrected chi connectivity index (χ0v) is 32.4. The molecule has 0 spiro atoms. The number of benzene rings is 2. The maximum atomic E-state index is 14.0. The number of hydrogen-bond acceptors (Lipinski definition) is 12. The van der Waals surface area contributed by atoms with Gasteiger partial charge in [0.2, 0.25) is 5.60 Å². The first kappa shape index (κ1) is 38.1. The van der Waals surface area contributed by atoms with Gasteiger partial charge in [0, 0.05) is 61.5 Å². The van der Waals surface area contributed by atoms with Gasteiger partial charge in [0.15, 0.2) is 0 Å². The molecule has 0 N–H and O–H groups in total. The lowest BCUT2D eigenvalue weighted by Crippen LogP contribution is -2.72. The highest BCUT2D eigenvalue weighted by molar-refractivity contribution is 5.91. The fraction of sp³-hybridized carbons (Fsp3) is 0.487. The van der Waals surface area contributed by atoms with Gasteiger partial charge >= 0.3 is 12.2 Å². The van der Waals surface area contributed by atoms with E-state index in [0.29, 0.717) is 43.1 Å². The molecule has 0 aliphatic carbocycles. The smallest absolute Gasteiger partial charge is 0.497 e. The number of methoxy groups -OCH3 is 2. The second kappa shape index (κ2) is 14.7. The third-order valence-corrected chi connectivity index (χ3v) is 9.26. The topological polar surface area (TPSA) is 151 Å². The highest BCUT2D eigenvalue weighted by atomic mass is 16.7. The first-order valence-corrected chi connectivity index (χ1v) is 17.9. The van der Waals surface area contributed by atoms with E-state index < -0.39 is 29.1 Å². The summed E-state index contributed by atoms with van der Waals surface area (Å²) in [5, 5.41) is 4.66. The minimum Gasteiger partial charge on any atom is -0.497 e. The van der Waals surface area contributed by atoms with Crippen LogP contribution in [-0.4, -0.2) is 112 Å². The van der Waals surface area contributed by atoms with E-state index in [1.807, 2.05) is 59.2 Å². The molecule has 6 rings (SSSR count). The average molecular weight is 744 g/mol. The molecule has 54 heavy (non-hydrogen) atoms. The SMILES string of the molecule is COc1cc(OC)cc(N(C)c2ccc3ncc(-c4cnn(C5CCN(C(=O)C6(OC(=O)OC(C)(C)C)CN(C(=O)OC(C)(C)C)C6)CC5)c4)nc3c2)c1. The van der Waals surface area contributed by atoms with Crippen LogP contribution in [0.3, 0.4) is 0 Å². The minimum absolute atomic E-state index is 0.0266. The van der Waals surface area contributed by atoms with Crippen molar-refractivity contribution in [1.29, 1.82) is 0 Å². The van der Waals surface area contributed by atoms with Crippen molar-refractivity contribution in [1.82, 2.24) is 29.5 Å². The third-order valence-electron chi connectivity index (χ3n) is 9.26. The number of likely N-dealkylation sites (tertiary alicyclic amines) is 2. The lowest BCUT2D eigenvalue weighted by Gasteiger charge is -2.49. The molecule has 2 aromatic carbocycles. The molecule has 2 aliphatic rings. The first-order chi connectivity index (χ1) is 25.5. The lowest BCUT2D eigenvalue weighted by atomic mass is 9.91.